The maximum Gasteiger partial charge on any atom is 0.310 e. The summed E-state index contributed by atoms with van der Waals surface area (Å²) in [6.07, 6.45) is 3.10. The summed E-state index contributed by atoms with van der Waals surface area (Å²) in [5.41, 5.74) is 0.519. The minimum absolute atomic E-state index is 0.281. The van der Waals surface area contributed by atoms with E-state index in [9.17, 15) is 15.0 Å². The molecule has 2 N–H and O–H groups in total. The molecule has 0 aromatic heterocycles. The van der Waals surface area contributed by atoms with Crippen molar-refractivity contribution in [2.75, 3.05) is 19.6 Å². The Labute approximate surface area is 125 Å². The second kappa shape index (κ2) is 5.78. The Morgan fingerprint density at radius 3 is 2.38 bits per heavy atom. The second-order valence-electron chi connectivity index (χ2n) is 6.55. The van der Waals surface area contributed by atoms with Crippen LogP contribution in [-0.2, 0) is 4.79 Å². The fourth-order valence-corrected chi connectivity index (χ4v) is 3.37. The van der Waals surface area contributed by atoms with E-state index in [2.05, 4.69) is 4.90 Å². The maximum atomic E-state index is 11.2. The van der Waals surface area contributed by atoms with Gasteiger partial charge in [-0.05, 0) is 50.3 Å². The molecule has 4 nitrogen and oxygen atoms in total. The van der Waals surface area contributed by atoms with Gasteiger partial charge in [0.1, 0.15) is 0 Å². The van der Waals surface area contributed by atoms with E-state index in [-0.39, 0.29) is 5.92 Å². The van der Waals surface area contributed by atoms with Gasteiger partial charge in [0.15, 0.2) is 0 Å². The lowest BCUT2D eigenvalue weighted by molar-refractivity contribution is -0.144. The van der Waals surface area contributed by atoms with E-state index in [0.717, 1.165) is 44.3 Å². The third kappa shape index (κ3) is 3.11. The van der Waals surface area contributed by atoms with Crippen molar-refractivity contribution in [1.82, 2.24) is 4.90 Å². The zero-order valence-electron chi connectivity index (χ0n) is 12.2. The van der Waals surface area contributed by atoms with Crippen LogP contribution in [0.3, 0.4) is 0 Å². The molecule has 2 aliphatic rings. The molecule has 1 atom stereocenters. The first-order valence-corrected chi connectivity index (χ1v) is 7.79. The molecule has 2 fully saturated rings. The third-order valence-corrected chi connectivity index (χ3v) is 5.05. The number of carboxylic acid groups (broad SMARTS) is 1. The molecule has 4 heteroatoms. The summed E-state index contributed by atoms with van der Waals surface area (Å²) in [6, 6.07) is 9.82. The molecule has 1 aliphatic carbocycles. The van der Waals surface area contributed by atoms with Gasteiger partial charge in [0.05, 0.1) is 11.5 Å². The van der Waals surface area contributed by atoms with Crippen LogP contribution in [0.2, 0.25) is 0 Å². The smallest absolute Gasteiger partial charge is 0.310 e. The molecule has 1 unspecified atom stereocenters. The zero-order chi connectivity index (χ0) is 14.9. The molecule has 1 aromatic rings. The number of likely N-dealkylation sites (tertiary alicyclic amines) is 1. The number of hydrogen-bond acceptors (Lipinski definition) is 3. The first kappa shape index (κ1) is 14.5. The largest absolute Gasteiger partial charge is 0.481 e. The number of piperidine rings is 1. The van der Waals surface area contributed by atoms with Crippen molar-refractivity contribution in [2.45, 2.75) is 31.8 Å². The summed E-state index contributed by atoms with van der Waals surface area (Å²) in [5, 5.41) is 19.7. The van der Waals surface area contributed by atoms with E-state index >= 15 is 0 Å². The molecule has 1 heterocycles. The van der Waals surface area contributed by atoms with Crippen LogP contribution in [0.4, 0.5) is 0 Å². The van der Waals surface area contributed by atoms with Crippen molar-refractivity contribution in [3.8, 4) is 0 Å². The molecular formula is C17H23NO3. The van der Waals surface area contributed by atoms with Gasteiger partial charge in [0.25, 0.3) is 0 Å². The zero-order valence-corrected chi connectivity index (χ0v) is 12.2. The van der Waals surface area contributed by atoms with Crippen LogP contribution in [0.1, 0.15) is 37.4 Å². The van der Waals surface area contributed by atoms with Crippen molar-refractivity contribution in [2.24, 2.45) is 11.3 Å². The lowest BCUT2D eigenvalue weighted by Crippen LogP contribution is -2.41. The Kier molecular flexibility index (Phi) is 4.00. The predicted molar refractivity (Wildman–Crippen MR) is 79.9 cm³/mol. The number of aliphatic hydroxyl groups is 1. The van der Waals surface area contributed by atoms with Gasteiger partial charge in [0, 0.05) is 6.54 Å². The standard InChI is InChI=1S/C17H23NO3/c19-15(13-4-2-1-3-5-13)14-6-10-18(11-7-14)12-17(8-9-17)16(20)21/h1-5,14-15,19H,6-12H2,(H,20,21). The van der Waals surface area contributed by atoms with Crippen LogP contribution in [0.25, 0.3) is 0 Å². The van der Waals surface area contributed by atoms with Gasteiger partial charge in [-0.1, -0.05) is 30.3 Å². The van der Waals surface area contributed by atoms with Gasteiger partial charge < -0.3 is 15.1 Å². The number of aliphatic carboxylic acids is 1. The number of carbonyl (C=O) groups is 1. The minimum atomic E-state index is -0.644. The number of benzene rings is 1. The van der Waals surface area contributed by atoms with E-state index < -0.39 is 17.5 Å². The third-order valence-electron chi connectivity index (χ3n) is 5.05. The van der Waals surface area contributed by atoms with Crippen molar-refractivity contribution in [1.29, 1.82) is 0 Å². The SMILES string of the molecule is O=C(O)C1(CN2CCC(C(O)c3ccccc3)CC2)CC1. The molecule has 0 bridgehead atoms. The van der Waals surface area contributed by atoms with Gasteiger partial charge >= 0.3 is 5.97 Å². The van der Waals surface area contributed by atoms with Crippen molar-refractivity contribution < 1.29 is 15.0 Å². The van der Waals surface area contributed by atoms with Crippen LogP contribution in [0.5, 0.6) is 0 Å². The lowest BCUT2D eigenvalue weighted by Gasteiger charge is -2.35. The molecule has 0 radical (unpaired) electrons. The van der Waals surface area contributed by atoms with Gasteiger partial charge in [-0.25, -0.2) is 0 Å². The molecule has 1 aliphatic heterocycles. The minimum Gasteiger partial charge on any atom is -0.481 e. The molecular weight excluding hydrogens is 266 g/mol. The normalized spacial score (nSPS) is 23.7. The highest BCUT2D eigenvalue weighted by Gasteiger charge is 2.51. The van der Waals surface area contributed by atoms with Gasteiger partial charge in [0.2, 0.25) is 0 Å². The molecule has 114 valence electrons. The molecule has 0 amide bonds. The molecule has 1 saturated carbocycles. The van der Waals surface area contributed by atoms with Crippen LogP contribution in [-0.4, -0.2) is 40.7 Å². The van der Waals surface area contributed by atoms with E-state index in [1.807, 2.05) is 30.3 Å². The summed E-state index contributed by atoms with van der Waals surface area (Å²) in [6.45, 7) is 2.46. The Balaban J connectivity index is 1.52. The summed E-state index contributed by atoms with van der Waals surface area (Å²) < 4.78 is 0. The monoisotopic (exact) mass is 289 g/mol. The fraction of sp³-hybridized carbons (Fsp3) is 0.588. The number of hydrogen-bond donors (Lipinski definition) is 2. The van der Waals surface area contributed by atoms with Crippen LogP contribution < -0.4 is 0 Å². The first-order valence-electron chi connectivity index (χ1n) is 7.79. The van der Waals surface area contributed by atoms with Crippen molar-refractivity contribution in [3.05, 3.63) is 35.9 Å². The Bertz CT molecular complexity index is 490. The molecule has 1 saturated heterocycles. The molecule has 0 spiro atoms. The van der Waals surface area contributed by atoms with Crippen molar-refractivity contribution in [3.63, 3.8) is 0 Å². The van der Waals surface area contributed by atoms with E-state index in [0.29, 0.717) is 6.54 Å². The number of rotatable bonds is 5. The van der Waals surface area contributed by atoms with Crippen molar-refractivity contribution >= 4 is 5.97 Å². The van der Waals surface area contributed by atoms with E-state index in [4.69, 9.17) is 0 Å². The van der Waals surface area contributed by atoms with Gasteiger partial charge in [-0.3, -0.25) is 4.79 Å². The second-order valence-corrected chi connectivity index (χ2v) is 6.55. The average Bonchev–Trinajstić information content (AvgIpc) is 3.29. The topological polar surface area (TPSA) is 60.8 Å². The maximum absolute atomic E-state index is 11.2. The van der Waals surface area contributed by atoms with Crippen LogP contribution in [0, 0.1) is 11.3 Å². The number of carboxylic acids is 1. The quantitative estimate of drug-likeness (QED) is 0.873. The van der Waals surface area contributed by atoms with Gasteiger partial charge in [-0.2, -0.15) is 0 Å². The highest BCUT2D eigenvalue weighted by molar-refractivity contribution is 5.78. The average molecular weight is 289 g/mol. The number of nitrogens with zero attached hydrogens (tertiary/aromatic N) is 1. The molecule has 3 rings (SSSR count). The lowest BCUT2D eigenvalue weighted by atomic mass is 9.87. The highest BCUT2D eigenvalue weighted by atomic mass is 16.4. The highest BCUT2D eigenvalue weighted by Crippen LogP contribution is 2.47. The Morgan fingerprint density at radius 1 is 1.24 bits per heavy atom. The Hall–Kier alpha value is -1.39. The predicted octanol–water partition coefficient (Wildman–Crippen LogP) is 2.30. The summed E-state index contributed by atoms with van der Waals surface area (Å²) in [4.78, 5) is 13.5. The fourth-order valence-electron chi connectivity index (χ4n) is 3.37. The molecule has 21 heavy (non-hydrogen) atoms. The van der Waals surface area contributed by atoms with E-state index in [1.54, 1.807) is 0 Å². The number of aliphatic hydroxyl groups excluding tert-OH is 1. The summed E-state index contributed by atoms with van der Waals surface area (Å²) in [5.74, 6) is -0.363. The summed E-state index contributed by atoms with van der Waals surface area (Å²) in [7, 11) is 0. The van der Waals surface area contributed by atoms with E-state index in [1.165, 1.54) is 0 Å². The Morgan fingerprint density at radius 2 is 1.86 bits per heavy atom. The van der Waals surface area contributed by atoms with Gasteiger partial charge in [-0.15, -0.1) is 0 Å². The molecule has 1 aromatic carbocycles. The summed E-state index contributed by atoms with van der Waals surface area (Å²) >= 11 is 0. The van der Waals surface area contributed by atoms with Crippen LogP contribution in [0.15, 0.2) is 30.3 Å². The first-order chi connectivity index (χ1) is 10.1. The van der Waals surface area contributed by atoms with Crippen LogP contribution >= 0.6 is 0 Å².